The summed E-state index contributed by atoms with van der Waals surface area (Å²) in [7, 11) is 1.81. The van der Waals surface area contributed by atoms with Crippen LogP contribution in [-0.4, -0.2) is 59.4 Å². The third kappa shape index (κ3) is 3.53. The van der Waals surface area contributed by atoms with Gasteiger partial charge < -0.3 is 20.2 Å². The molecule has 0 spiro atoms. The monoisotopic (exact) mass is 294 g/mol. The van der Waals surface area contributed by atoms with E-state index in [-0.39, 0.29) is 12.0 Å². The fourth-order valence-corrected chi connectivity index (χ4v) is 2.62. The Bertz CT molecular complexity index is 463. The molecule has 2 N–H and O–H groups in total. The van der Waals surface area contributed by atoms with Crippen LogP contribution in [0.5, 0.6) is 0 Å². The number of rotatable bonds is 6. The molecule has 0 bridgehead atoms. The highest BCUT2D eigenvalue weighted by atomic mass is 16.3. The lowest BCUT2D eigenvalue weighted by Crippen LogP contribution is -2.29. The molecule has 0 amide bonds. The van der Waals surface area contributed by atoms with Gasteiger partial charge in [0.1, 0.15) is 0 Å². The largest absolute Gasteiger partial charge is 0.393 e. The molecule has 7 heteroatoms. The molecule has 0 saturated carbocycles. The molecule has 21 heavy (non-hydrogen) atoms. The molecule has 0 aliphatic carbocycles. The first-order valence-electron chi connectivity index (χ1n) is 7.70. The summed E-state index contributed by atoms with van der Waals surface area (Å²) >= 11 is 0. The van der Waals surface area contributed by atoms with E-state index in [0.717, 1.165) is 32.6 Å². The highest BCUT2D eigenvalue weighted by molar-refractivity contribution is 5.45. The zero-order valence-corrected chi connectivity index (χ0v) is 13.4. The lowest BCUT2D eigenvalue weighted by atomic mass is 10.0. The minimum atomic E-state index is -0.289. The topological polar surface area (TPSA) is 77.4 Å². The van der Waals surface area contributed by atoms with Crippen molar-refractivity contribution in [1.29, 1.82) is 0 Å². The van der Waals surface area contributed by atoms with E-state index < -0.39 is 0 Å². The highest BCUT2D eigenvalue weighted by Crippen LogP contribution is 2.25. The van der Waals surface area contributed by atoms with E-state index >= 15 is 0 Å². The predicted molar refractivity (Wildman–Crippen MR) is 84.9 cm³/mol. The molecule has 1 aliphatic rings. The molecular weight excluding hydrogens is 268 g/mol. The summed E-state index contributed by atoms with van der Waals surface area (Å²) in [6.07, 6.45) is 0.682. The molecule has 1 aromatic rings. The first-order valence-corrected chi connectivity index (χ1v) is 7.70. The van der Waals surface area contributed by atoms with E-state index in [2.05, 4.69) is 43.9 Å². The maximum Gasteiger partial charge on any atom is 0.231 e. The number of hydrogen-bond donors (Lipinski definition) is 2. The molecule has 0 radical (unpaired) electrons. The number of anilines is 3. The minimum absolute atomic E-state index is 0.289. The molecular formula is C14H26N6O. The van der Waals surface area contributed by atoms with Crippen molar-refractivity contribution < 1.29 is 5.11 Å². The summed E-state index contributed by atoms with van der Waals surface area (Å²) in [6.45, 7) is 9.42. The van der Waals surface area contributed by atoms with Crippen molar-refractivity contribution in [2.75, 3.05) is 48.3 Å². The Morgan fingerprint density at radius 1 is 1.33 bits per heavy atom. The first-order chi connectivity index (χ1) is 10.1. The van der Waals surface area contributed by atoms with Crippen molar-refractivity contribution in [3.05, 3.63) is 0 Å². The first kappa shape index (κ1) is 15.8. The van der Waals surface area contributed by atoms with Crippen molar-refractivity contribution in [3.63, 3.8) is 0 Å². The molecule has 7 nitrogen and oxygen atoms in total. The Morgan fingerprint density at radius 2 is 2.05 bits per heavy atom. The van der Waals surface area contributed by atoms with Crippen molar-refractivity contribution in [3.8, 4) is 0 Å². The molecule has 1 saturated heterocycles. The van der Waals surface area contributed by atoms with Gasteiger partial charge in [-0.05, 0) is 27.2 Å². The highest BCUT2D eigenvalue weighted by Gasteiger charge is 2.28. The van der Waals surface area contributed by atoms with Crippen LogP contribution in [0.1, 0.15) is 27.2 Å². The Hall–Kier alpha value is -1.63. The van der Waals surface area contributed by atoms with Crippen LogP contribution >= 0.6 is 0 Å². The van der Waals surface area contributed by atoms with E-state index in [9.17, 15) is 5.11 Å². The van der Waals surface area contributed by atoms with Crippen LogP contribution in [0.25, 0.3) is 0 Å². The van der Waals surface area contributed by atoms with E-state index in [1.807, 2.05) is 14.0 Å². The van der Waals surface area contributed by atoms with Crippen molar-refractivity contribution in [2.24, 2.45) is 5.92 Å². The Labute approximate surface area is 126 Å². The Kier molecular flexibility index (Phi) is 5.17. The van der Waals surface area contributed by atoms with Gasteiger partial charge in [0.05, 0.1) is 6.10 Å². The molecule has 1 aliphatic heterocycles. The number of aliphatic hydroxyl groups excluding tert-OH is 1. The number of hydrogen-bond acceptors (Lipinski definition) is 7. The molecule has 2 heterocycles. The maximum atomic E-state index is 9.74. The number of nitrogens with one attached hydrogen (secondary N) is 1. The normalized spacial score (nSPS) is 19.7. The lowest BCUT2D eigenvalue weighted by Gasteiger charge is -2.22. The maximum absolute atomic E-state index is 9.74. The van der Waals surface area contributed by atoms with Gasteiger partial charge in [-0.15, -0.1) is 0 Å². The molecule has 1 aromatic heterocycles. The molecule has 2 rings (SSSR count). The summed E-state index contributed by atoms with van der Waals surface area (Å²) in [5.74, 6) is 2.27. The summed E-state index contributed by atoms with van der Waals surface area (Å²) < 4.78 is 0. The van der Waals surface area contributed by atoms with Crippen molar-refractivity contribution >= 4 is 17.8 Å². The van der Waals surface area contributed by atoms with Gasteiger partial charge in [-0.2, -0.15) is 15.0 Å². The molecule has 2 atom stereocenters. The fraction of sp³-hybridized carbons (Fsp3) is 0.786. The van der Waals surface area contributed by atoms with Gasteiger partial charge in [0.15, 0.2) is 0 Å². The predicted octanol–water partition coefficient (Wildman–Crippen LogP) is 0.967. The fourth-order valence-electron chi connectivity index (χ4n) is 2.62. The summed E-state index contributed by atoms with van der Waals surface area (Å²) in [5, 5.41) is 12.7. The van der Waals surface area contributed by atoms with Gasteiger partial charge in [-0.1, -0.05) is 0 Å². The van der Waals surface area contributed by atoms with Crippen LogP contribution in [0.15, 0.2) is 0 Å². The number of aliphatic hydroxyl groups is 1. The van der Waals surface area contributed by atoms with E-state index in [1.54, 1.807) is 0 Å². The quantitative estimate of drug-likeness (QED) is 0.809. The van der Waals surface area contributed by atoms with Crippen LogP contribution in [0.3, 0.4) is 0 Å². The smallest absolute Gasteiger partial charge is 0.231 e. The van der Waals surface area contributed by atoms with Crippen LogP contribution in [0.2, 0.25) is 0 Å². The van der Waals surface area contributed by atoms with E-state index in [4.69, 9.17) is 0 Å². The summed E-state index contributed by atoms with van der Waals surface area (Å²) in [4.78, 5) is 17.7. The zero-order valence-electron chi connectivity index (χ0n) is 13.4. The summed E-state index contributed by atoms with van der Waals surface area (Å²) in [6, 6.07) is 0. The van der Waals surface area contributed by atoms with E-state index in [1.165, 1.54) is 0 Å². The van der Waals surface area contributed by atoms with Crippen LogP contribution in [-0.2, 0) is 0 Å². The second-order valence-corrected chi connectivity index (χ2v) is 5.42. The molecule has 118 valence electrons. The average Bonchev–Trinajstić information content (AvgIpc) is 2.98. The van der Waals surface area contributed by atoms with Crippen LogP contribution in [0, 0.1) is 5.92 Å². The van der Waals surface area contributed by atoms with Gasteiger partial charge in [-0.3, -0.25) is 0 Å². The van der Waals surface area contributed by atoms with Gasteiger partial charge in [-0.25, -0.2) is 0 Å². The summed E-state index contributed by atoms with van der Waals surface area (Å²) in [5.41, 5.74) is 0. The molecule has 1 fully saturated rings. The average molecular weight is 294 g/mol. The number of nitrogens with zero attached hydrogens (tertiary/aromatic N) is 5. The second kappa shape index (κ2) is 6.89. The third-order valence-corrected chi connectivity index (χ3v) is 4.07. The molecule has 2 unspecified atom stereocenters. The second-order valence-electron chi connectivity index (χ2n) is 5.42. The molecule has 0 aromatic carbocycles. The standard InChI is InChI=1S/C14H26N6O/c1-5-19(6-2)13-16-12(15-4)17-14(18-13)20-8-7-11(9-20)10(3)21/h10-11,21H,5-9H2,1-4H3,(H,15,16,17,18). The number of aromatic nitrogens is 3. The lowest BCUT2D eigenvalue weighted by molar-refractivity contribution is 0.136. The third-order valence-electron chi connectivity index (χ3n) is 4.07. The van der Waals surface area contributed by atoms with Gasteiger partial charge in [0.2, 0.25) is 17.8 Å². The Morgan fingerprint density at radius 3 is 2.57 bits per heavy atom. The van der Waals surface area contributed by atoms with Crippen LogP contribution < -0.4 is 15.1 Å². The minimum Gasteiger partial charge on any atom is -0.393 e. The van der Waals surface area contributed by atoms with Crippen LogP contribution in [0.4, 0.5) is 17.8 Å². The van der Waals surface area contributed by atoms with Crippen molar-refractivity contribution in [2.45, 2.75) is 33.3 Å². The van der Waals surface area contributed by atoms with Gasteiger partial charge >= 0.3 is 0 Å². The van der Waals surface area contributed by atoms with E-state index in [0.29, 0.717) is 17.8 Å². The zero-order chi connectivity index (χ0) is 15.4. The Balaban J connectivity index is 2.25. The van der Waals surface area contributed by atoms with Crippen molar-refractivity contribution in [1.82, 2.24) is 15.0 Å². The SMILES string of the molecule is CCN(CC)c1nc(NC)nc(N2CCC(C(C)O)C2)n1. The van der Waals surface area contributed by atoms with Gasteiger partial charge in [0, 0.05) is 39.1 Å². The van der Waals surface area contributed by atoms with Gasteiger partial charge in [0.25, 0.3) is 0 Å².